The van der Waals surface area contributed by atoms with Gasteiger partial charge in [0.2, 0.25) is 5.91 Å². The molecule has 0 saturated heterocycles. The molecule has 0 spiro atoms. The minimum absolute atomic E-state index is 0.165. The van der Waals surface area contributed by atoms with Gasteiger partial charge in [0.1, 0.15) is 11.9 Å². The molecular weight excluding hydrogens is 364 g/mol. The Morgan fingerprint density at radius 3 is 2.81 bits per heavy atom. The maximum absolute atomic E-state index is 12.5. The number of benzene rings is 2. The van der Waals surface area contributed by atoms with E-state index in [2.05, 4.69) is 20.0 Å². The fourth-order valence-electron chi connectivity index (χ4n) is 2.88. The van der Waals surface area contributed by atoms with Crippen molar-refractivity contribution in [3.8, 4) is 0 Å². The van der Waals surface area contributed by atoms with E-state index >= 15 is 0 Å². The minimum Gasteiger partial charge on any atom is -0.324 e. The van der Waals surface area contributed by atoms with Gasteiger partial charge in [0.15, 0.2) is 0 Å². The fourth-order valence-corrected chi connectivity index (χ4v) is 4.12. The Kier molecular flexibility index (Phi) is 4.12. The maximum Gasteiger partial charge on any atom is 0.263 e. The highest BCUT2D eigenvalue weighted by Crippen LogP contribution is 2.23. The zero-order chi connectivity index (χ0) is 19.0. The molecular formula is C19H16N4O3S. The number of hydrogen-bond donors (Lipinski definition) is 2. The van der Waals surface area contributed by atoms with E-state index in [1.165, 1.54) is 6.07 Å². The molecule has 136 valence electrons. The van der Waals surface area contributed by atoms with Crippen molar-refractivity contribution >= 4 is 38.4 Å². The third-order valence-electron chi connectivity index (χ3n) is 4.24. The van der Waals surface area contributed by atoms with Crippen LogP contribution in [-0.4, -0.2) is 31.2 Å². The van der Waals surface area contributed by atoms with Crippen molar-refractivity contribution in [1.29, 1.82) is 0 Å². The number of nitrogens with zero attached hydrogens (tertiary/aromatic N) is 2. The largest absolute Gasteiger partial charge is 0.324 e. The van der Waals surface area contributed by atoms with Crippen LogP contribution in [0.5, 0.6) is 0 Å². The van der Waals surface area contributed by atoms with Gasteiger partial charge in [-0.25, -0.2) is 8.42 Å². The zero-order valence-corrected chi connectivity index (χ0v) is 15.2. The van der Waals surface area contributed by atoms with E-state index in [9.17, 15) is 13.2 Å². The third-order valence-corrected chi connectivity index (χ3v) is 5.63. The van der Waals surface area contributed by atoms with Gasteiger partial charge in [-0.3, -0.25) is 19.5 Å². The molecule has 2 aromatic carbocycles. The highest BCUT2D eigenvalue weighted by Gasteiger charge is 2.31. The molecule has 3 aromatic rings. The molecule has 1 amide bonds. The average Bonchev–Trinajstić information content (AvgIpc) is 2.92. The summed E-state index contributed by atoms with van der Waals surface area (Å²) >= 11 is 0. The van der Waals surface area contributed by atoms with Gasteiger partial charge >= 0.3 is 0 Å². The van der Waals surface area contributed by atoms with Crippen molar-refractivity contribution in [3.63, 3.8) is 0 Å². The summed E-state index contributed by atoms with van der Waals surface area (Å²) in [5.74, 6) is -0.162. The van der Waals surface area contributed by atoms with E-state index in [0.717, 1.165) is 10.9 Å². The van der Waals surface area contributed by atoms with Crippen LogP contribution in [-0.2, 0) is 14.8 Å². The minimum atomic E-state index is -3.63. The van der Waals surface area contributed by atoms with Crippen molar-refractivity contribution in [2.75, 3.05) is 5.32 Å². The van der Waals surface area contributed by atoms with Gasteiger partial charge in [0, 0.05) is 22.8 Å². The van der Waals surface area contributed by atoms with Crippen LogP contribution in [0.15, 0.2) is 70.7 Å². The SMILES string of the molecule is C[C@H](N=C1NS(=O)(=O)c2ccccc21)C(=O)Nc1ccc2ncccc2c1. The molecule has 0 saturated carbocycles. The van der Waals surface area contributed by atoms with Gasteiger partial charge in [0.05, 0.1) is 10.4 Å². The molecule has 0 bridgehead atoms. The topological polar surface area (TPSA) is 101 Å². The Hall–Kier alpha value is -3.26. The molecule has 2 heterocycles. The number of rotatable bonds is 3. The Bertz CT molecular complexity index is 1190. The second kappa shape index (κ2) is 6.48. The van der Waals surface area contributed by atoms with Crippen molar-refractivity contribution in [2.45, 2.75) is 17.9 Å². The molecule has 1 atom stereocenters. The Balaban J connectivity index is 1.57. The molecule has 7 nitrogen and oxygen atoms in total. The number of carbonyl (C=O) groups is 1. The number of carbonyl (C=O) groups excluding carboxylic acids is 1. The summed E-state index contributed by atoms with van der Waals surface area (Å²) in [5.41, 5.74) is 1.93. The normalized spacial score (nSPS) is 17.3. The van der Waals surface area contributed by atoms with Gasteiger partial charge < -0.3 is 5.32 Å². The van der Waals surface area contributed by atoms with Crippen LogP contribution in [0.4, 0.5) is 5.69 Å². The second-order valence-electron chi connectivity index (χ2n) is 6.16. The Labute approximate surface area is 156 Å². The summed E-state index contributed by atoms with van der Waals surface area (Å²) in [6.45, 7) is 1.61. The molecule has 0 unspecified atom stereocenters. The number of sulfonamides is 1. The van der Waals surface area contributed by atoms with Crippen molar-refractivity contribution in [3.05, 3.63) is 66.4 Å². The predicted octanol–water partition coefficient (Wildman–Crippen LogP) is 2.30. The Morgan fingerprint density at radius 1 is 1.15 bits per heavy atom. The van der Waals surface area contributed by atoms with Crippen LogP contribution < -0.4 is 10.0 Å². The number of amidine groups is 1. The third kappa shape index (κ3) is 3.26. The molecule has 27 heavy (non-hydrogen) atoms. The number of aromatic nitrogens is 1. The van der Waals surface area contributed by atoms with Crippen LogP contribution in [0.2, 0.25) is 0 Å². The van der Waals surface area contributed by atoms with Crippen LogP contribution in [0, 0.1) is 0 Å². The highest BCUT2D eigenvalue weighted by molar-refractivity contribution is 7.90. The first-order valence-electron chi connectivity index (χ1n) is 8.30. The summed E-state index contributed by atoms with van der Waals surface area (Å²) in [5, 5.41) is 3.71. The van der Waals surface area contributed by atoms with E-state index in [1.54, 1.807) is 37.4 Å². The number of fused-ring (bicyclic) bond motifs is 2. The lowest BCUT2D eigenvalue weighted by Gasteiger charge is -2.10. The maximum atomic E-state index is 12.5. The fraction of sp³-hybridized carbons (Fsp3) is 0.105. The van der Waals surface area contributed by atoms with E-state index < -0.39 is 16.1 Å². The van der Waals surface area contributed by atoms with Gasteiger partial charge in [-0.2, -0.15) is 0 Å². The smallest absolute Gasteiger partial charge is 0.263 e. The number of aliphatic imine (C=N–C) groups is 1. The molecule has 1 aliphatic heterocycles. The quantitative estimate of drug-likeness (QED) is 0.728. The zero-order valence-electron chi connectivity index (χ0n) is 14.4. The molecule has 1 aromatic heterocycles. The first kappa shape index (κ1) is 17.2. The molecule has 1 aliphatic rings. The van der Waals surface area contributed by atoms with Crippen molar-refractivity contribution < 1.29 is 13.2 Å². The molecule has 4 rings (SSSR count). The van der Waals surface area contributed by atoms with Crippen LogP contribution >= 0.6 is 0 Å². The van der Waals surface area contributed by atoms with Gasteiger partial charge in [-0.1, -0.05) is 18.2 Å². The average molecular weight is 380 g/mol. The highest BCUT2D eigenvalue weighted by atomic mass is 32.2. The van der Waals surface area contributed by atoms with Crippen LogP contribution in [0.25, 0.3) is 10.9 Å². The lowest BCUT2D eigenvalue weighted by atomic mass is 10.2. The van der Waals surface area contributed by atoms with Crippen LogP contribution in [0.3, 0.4) is 0 Å². The monoisotopic (exact) mass is 380 g/mol. The van der Waals surface area contributed by atoms with Crippen molar-refractivity contribution in [1.82, 2.24) is 9.71 Å². The van der Waals surface area contributed by atoms with E-state index in [1.807, 2.05) is 24.3 Å². The Morgan fingerprint density at radius 2 is 1.96 bits per heavy atom. The number of nitrogens with one attached hydrogen (secondary N) is 2. The molecule has 0 radical (unpaired) electrons. The predicted molar refractivity (Wildman–Crippen MR) is 103 cm³/mol. The lowest BCUT2D eigenvalue weighted by molar-refractivity contribution is -0.117. The van der Waals surface area contributed by atoms with Gasteiger partial charge in [-0.15, -0.1) is 0 Å². The van der Waals surface area contributed by atoms with Gasteiger partial charge in [-0.05, 0) is 43.3 Å². The number of pyridine rings is 1. The van der Waals surface area contributed by atoms with Crippen LogP contribution in [0.1, 0.15) is 12.5 Å². The summed E-state index contributed by atoms with van der Waals surface area (Å²) in [4.78, 5) is 21.2. The first-order chi connectivity index (χ1) is 12.9. The number of amides is 1. The van der Waals surface area contributed by atoms with E-state index in [0.29, 0.717) is 11.3 Å². The number of hydrogen-bond acceptors (Lipinski definition) is 5. The summed E-state index contributed by atoms with van der Waals surface area (Å²) < 4.78 is 26.7. The summed E-state index contributed by atoms with van der Waals surface area (Å²) in [6.07, 6.45) is 1.71. The van der Waals surface area contributed by atoms with E-state index in [4.69, 9.17) is 0 Å². The van der Waals surface area contributed by atoms with E-state index in [-0.39, 0.29) is 16.6 Å². The first-order valence-corrected chi connectivity index (χ1v) is 9.78. The molecule has 0 aliphatic carbocycles. The molecule has 8 heteroatoms. The number of anilines is 1. The molecule has 0 fully saturated rings. The van der Waals surface area contributed by atoms with Crippen molar-refractivity contribution in [2.24, 2.45) is 4.99 Å². The standard InChI is InChI=1S/C19H16N4O3S/c1-12(21-18-15-6-2-3-7-17(15)27(25,26)23-18)19(24)22-14-8-9-16-13(11-14)5-4-10-20-16/h2-12H,1H3,(H,21,23)(H,22,24)/t12-/m0/s1. The second-order valence-corrected chi connectivity index (χ2v) is 7.81. The summed E-state index contributed by atoms with van der Waals surface area (Å²) in [7, 11) is -3.63. The van der Waals surface area contributed by atoms with Gasteiger partial charge in [0.25, 0.3) is 10.0 Å². The summed E-state index contributed by atoms with van der Waals surface area (Å²) in [6, 6.07) is 14.9. The molecule has 2 N–H and O–H groups in total. The lowest BCUT2D eigenvalue weighted by Crippen LogP contribution is -2.28.